The molecule has 2 aromatic rings. The quantitative estimate of drug-likeness (QED) is 0.840. The van der Waals surface area contributed by atoms with Crippen LogP contribution in [0.15, 0.2) is 60.0 Å². The van der Waals surface area contributed by atoms with Crippen LogP contribution >= 0.6 is 0 Å². The summed E-state index contributed by atoms with van der Waals surface area (Å²) in [6.07, 6.45) is 1.55. The van der Waals surface area contributed by atoms with Gasteiger partial charge in [-0.05, 0) is 45.0 Å². The first-order valence-electron chi connectivity index (χ1n) is 8.35. The van der Waals surface area contributed by atoms with E-state index in [1.165, 1.54) is 4.31 Å². The van der Waals surface area contributed by atoms with E-state index in [4.69, 9.17) is 0 Å². The molecule has 0 atom stereocenters. The molecule has 1 heterocycles. The van der Waals surface area contributed by atoms with Crippen LogP contribution in [0.2, 0.25) is 0 Å². The lowest BCUT2D eigenvalue weighted by molar-refractivity contribution is 0.0919. The lowest BCUT2D eigenvalue weighted by atomic mass is 9.99. The molecule has 0 aromatic heterocycles. The van der Waals surface area contributed by atoms with Gasteiger partial charge in [0, 0.05) is 22.2 Å². The number of sulfonamides is 1. The molecule has 5 nitrogen and oxygen atoms in total. The highest BCUT2D eigenvalue weighted by molar-refractivity contribution is 7.93. The van der Waals surface area contributed by atoms with Crippen molar-refractivity contribution < 1.29 is 13.2 Å². The van der Waals surface area contributed by atoms with E-state index in [1.54, 1.807) is 48.5 Å². The summed E-state index contributed by atoms with van der Waals surface area (Å²) >= 11 is 0. The summed E-state index contributed by atoms with van der Waals surface area (Å²) in [6.45, 7) is 9.57. The number of carbonyl (C=O) groups is 1. The molecule has 1 amide bonds. The SMILES string of the molecule is C=CCN1c2ccc(C(=O)NC(C)(C)C)cc2-c2ccccc2S1(=O)=O. The number of nitrogens with zero attached hydrogens (tertiary/aromatic N) is 1. The molecular formula is C20H22N2O3S. The maximum Gasteiger partial charge on any atom is 0.265 e. The van der Waals surface area contributed by atoms with Crippen LogP contribution < -0.4 is 9.62 Å². The third-order valence-corrected chi connectivity index (χ3v) is 5.89. The predicted molar refractivity (Wildman–Crippen MR) is 104 cm³/mol. The molecule has 1 aliphatic rings. The van der Waals surface area contributed by atoms with Gasteiger partial charge in [-0.3, -0.25) is 9.10 Å². The topological polar surface area (TPSA) is 66.5 Å². The summed E-state index contributed by atoms with van der Waals surface area (Å²) in [6, 6.07) is 11.9. The Morgan fingerprint density at radius 3 is 2.50 bits per heavy atom. The van der Waals surface area contributed by atoms with Gasteiger partial charge in [0.25, 0.3) is 15.9 Å². The molecule has 0 saturated carbocycles. The third kappa shape index (κ3) is 3.12. The Labute approximate surface area is 154 Å². The van der Waals surface area contributed by atoms with E-state index in [2.05, 4.69) is 11.9 Å². The van der Waals surface area contributed by atoms with Crippen LogP contribution in [-0.2, 0) is 10.0 Å². The van der Waals surface area contributed by atoms with E-state index in [9.17, 15) is 13.2 Å². The lowest BCUT2D eigenvalue weighted by Gasteiger charge is -2.31. The number of amides is 1. The van der Waals surface area contributed by atoms with Crippen LogP contribution in [0.5, 0.6) is 0 Å². The zero-order chi connectivity index (χ0) is 19.1. The van der Waals surface area contributed by atoms with Gasteiger partial charge >= 0.3 is 0 Å². The monoisotopic (exact) mass is 370 g/mol. The van der Waals surface area contributed by atoms with Gasteiger partial charge in [0.2, 0.25) is 0 Å². The largest absolute Gasteiger partial charge is 0.347 e. The molecule has 0 bridgehead atoms. The average molecular weight is 370 g/mol. The van der Waals surface area contributed by atoms with Crippen molar-refractivity contribution in [2.45, 2.75) is 31.2 Å². The van der Waals surface area contributed by atoms with Gasteiger partial charge < -0.3 is 5.32 Å². The van der Waals surface area contributed by atoms with Gasteiger partial charge in [-0.2, -0.15) is 0 Å². The van der Waals surface area contributed by atoms with Crippen molar-refractivity contribution in [3.05, 3.63) is 60.7 Å². The number of fused-ring (bicyclic) bond motifs is 3. The molecule has 2 aromatic carbocycles. The first-order valence-corrected chi connectivity index (χ1v) is 9.79. The second-order valence-corrected chi connectivity index (χ2v) is 9.09. The van der Waals surface area contributed by atoms with E-state index in [0.29, 0.717) is 16.8 Å². The maximum absolute atomic E-state index is 13.0. The fraction of sp³-hybridized carbons (Fsp3) is 0.250. The van der Waals surface area contributed by atoms with Gasteiger partial charge in [-0.25, -0.2) is 8.42 Å². The highest BCUT2D eigenvalue weighted by Crippen LogP contribution is 2.43. The highest BCUT2D eigenvalue weighted by Gasteiger charge is 2.34. The molecule has 1 N–H and O–H groups in total. The zero-order valence-corrected chi connectivity index (χ0v) is 15.9. The Bertz CT molecular complexity index is 988. The molecule has 0 spiro atoms. The smallest absolute Gasteiger partial charge is 0.265 e. The first kappa shape index (κ1) is 18.2. The standard InChI is InChI=1S/C20H22N2O3S/c1-5-12-22-17-11-10-14(19(23)21-20(2,3)4)13-16(17)15-8-6-7-9-18(15)26(22,24)25/h5-11,13H,1,12H2,2-4H3,(H,21,23). The van der Waals surface area contributed by atoms with Gasteiger partial charge in [-0.15, -0.1) is 6.58 Å². The van der Waals surface area contributed by atoms with Crippen LogP contribution in [0, 0.1) is 0 Å². The molecule has 0 aliphatic carbocycles. The summed E-state index contributed by atoms with van der Waals surface area (Å²) in [5, 5.41) is 2.93. The van der Waals surface area contributed by atoms with Crippen LogP contribution in [-0.4, -0.2) is 26.4 Å². The normalized spacial score (nSPS) is 15.0. The number of hydrogen-bond donors (Lipinski definition) is 1. The number of nitrogens with one attached hydrogen (secondary N) is 1. The van der Waals surface area contributed by atoms with Gasteiger partial charge in [-0.1, -0.05) is 24.3 Å². The minimum atomic E-state index is -3.66. The molecule has 26 heavy (non-hydrogen) atoms. The average Bonchev–Trinajstić information content (AvgIpc) is 2.57. The second kappa shape index (κ2) is 6.29. The van der Waals surface area contributed by atoms with Crippen LogP contribution in [0.4, 0.5) is 5.69 Å². The van der Waals surface area contributed by atoms with E-state index in [0.717, 1.165) is 5.56 Å². The Kier molecular flexibility index (Phi) is 4.40. The summed E-state index contributed by atoms with van der Waals surface area (Å²) in [5.41, 5.74) is 2.01. The number of benzene rings is 2. The minimum absolute atomic E-state index is 0.164. The Morgan fingerprint density at radius 2 is 1.85 bits per heavy atom. The predicted octanol–water partition coefficient (Wildman–Crippen LogP) is 3.58. The summed E-state index contributed by atoms with van der Waals surface area (Å²) < 4.78 is 27.2. The van der Waals surface area contributed by atoms with E-state index in [1.807, 2.05) is 20.8 Å². The zero-order valence-electron chi connectivity index (χ0n) is 15.1. The Balaban J connectivity index is 2.19. The van der Waals surface area contributed by atoms with Gasteiger partial charge in [0.15, 0.2) is 0 Å². The Hall–Kier alpha value is -2.60. The molecule has 3 rings (SSSR count). The number of anilines is 1. The van der Waals surface area contributed by atoms with E-state index >= 15 is 0 Å². The highest BCUT2D eigenvalue weighted by atomic mass is 32.2. The van der Waals surface area contributed by atoms with Crippen LogP contribution in [0.1, 0.15) is 31.1 Å². The maximum atomic E-state index is 13.0. The second-order valence-electron chi connectivity index (χ2n) is 7.26. The minimum Gasteiger partial charge on any atom is -0.347 e. The van der Waals surface area contributed by atoms with Crippen molar-refractivity contribution in [2.24, 2.45) is 0 Å². The van der Waals surface area contributed by atoms with Gasteiger partial charge in [0.1, 0.15) is 0 Å². The number of hydrogen-bond acceptors (Lipinski definition) is 3. The molecule has 0 fully saturated rings. The molecule has 0 radical (unpaired) electrons. The first-order chi connectivity index (χ1) is 12.1. The molecule has 0 saturated heterocycles. The van der Waals surface area contributed by atoms with Crippen molar-refractivity contribution >= 4 is 21.6 Å². The van der Waals surface area contributed by atoms with Crippen molar-refractivity contribution in [3.63, 3.8) is 0 Å². The van der Waals surface area contributed by atoms with E-state index in [-0.39, 0.29) is 22.9 Å². The van der Waals surface area contributed by atoms with E-state index < -0.39 is 10.0 Å². The third-order valence-electron chi connectivity index (χ3n) is 4.06. The fourth-order valence-corrected chi connectivity index (χ4v) is 4.66. The van der Waals surface area contributed by atoms with Crippen molar-refractivity contribution in [2.75, 3.05) is 10.8 Å². The number of rotatable bonds is 3. The van der Waals surface area contributed by atoms with Crippen LogP contribution in [0.3, 0.4) is 0 Å². The summed E-state index contributed by atoms with van der Waals surface area (Å²) in [7, 11) is -3.66. The summed E-state index contributed by atoms with van der Waals surface area (Å²) in [5.74, 6) is -0.193. The molecule has 6 heteroatoms. The lowest BCUT2D eigenvalue weighted by Crippen LogP contribution is -2.40. The fourth-order valence-electron chi connectivity index (χ4n) is 3.00. The molecule has 136 valence electrons. The Morgan fingerprint density at radius 1 is 1.15 bits per heavy atom. The van der Waals surface area contributed by atoms with Crippen LogP contribution in [0.25, 0.3) is 11.1 Å². The summed E-state index contributed by atoms with van der Waals surface area (Å²) in [4.78, 5) is 12.8. The molecule has 0 unspecified atom stereocenters. The van der Waals surface area contributed by atoms with Crippen molar-refractivity contribution in [3.8, 4) is 11.1 Å². The molecular weight excluding hydrogens is 348 g/mol. The van der Waals surface area contributed by atoms with Crippen molar-refractivity contribution in [1.82, 2.24) is 5.32 Å². The molecule has 1 aliphatic heterocycles. The van der Waals surface area contributed by atoms with Crippen molar-refractivity contribution in [1.29, 1.82) is 0 Å². The number of carbonyl (C=O) groups excluding carboxylic acids is 1. The van der Waals surface area contributed by atoms with Gasteiger partial charge in [0.05, 0.1) is 17.1 Å².